The van der Waals surface area contributed by atoms with E-state index in [1.54, 1.807) is 28.6 Å². The molecular formula is C21H20N4O3S. The Morgan fingerprint density at radius 1 is 1.24 bits per heavy atom. The van der Waals surface area contributed by atoms with Gasteiger partial charge >= 0.3 is 0 Å². The van der Waals surface area contributed by atoms with Crippen LogP contribution in [0.5, 0.6) is 0 Å². The van der Waals surface area contributed by atoms with E-state index in [2.05, 4.69) is 4.98 Å². The number of aryl methyl sites for hydroxylation is 1. The molecule has 0 aliphatic carbocycles. The lowest BCUT2D eigenvalue weighted by atomic mass is 10.1. The average Bonchev–Trinajstić information content (AvgIpc) is 3.19. The predicted molar refractivity (Wildman–Crippen MR) is 110 cm³/mol. The molecule has 1 aliphatic rings. The van der Waals surface area contributed by atoms with E-state index in [1.807, 2.05) is 31.2 Å². The van der Waals surface area contributed by atoms with Crippen molar-refractivity contribution in [3.05, 3.63) is 69.8 Å². The van der Waals surface area contributed by atoms with Gasteiger partial charge in [0.05, 0.1) is 35.7 Å². The number of aromatic nitrogens is 2. The number of ether oxygens (including phenoxy) is 1. The van der Waals surface area contributed by atoms with Crippen LogP contribution in [-0.4, -0.2) is 46.4 Å². The van der Waals surface area contributed by atoms with Crippen LogP contribution >= 0.6 is 11.3 Å². The van der Waals surface area contributed by atoms with Crippen molar-refractivity contribution < 1.29 is 14.3 Å². The first kappa shape index (κ1) is 19.2. The third-order valence-electron chi connectivity index (χ3n) is 4.84. The molecule has 4 rings (SSSR count). The minimum Gasteiger partial charge on any atom is -0.368 e. The first-order valence-corrected chi connectivity index (χ1v) is 10.1. The number of carbonyl (C=O) groups excluding carboxylic acids is 2. The van der Waals surface area contributed by atoms with Crippen molar-refractivity contribution in [1.29, 1.82) is 0 Å². The molecule has 0 spiro atoms. The first-order valence-electron chi connectivity index (χ1n) is 9.21. The number of pyridine rings is 1. The molecule has 3 heterocycles. The van der Waals surface area contributed by atoms with Gasteiger partial charge in [0.2, 0.25) is 5.91 Å². The molecule has 2 aromatic heterocycles. The summed E-state index contributed by atoms with van der Waals surface area (Å²) in [5.41, 5.74) is 10.5. The van der Waals surface area contributed by atoms with Crippen molar-refractivity contribution in [2.75, 3.05) is 19.7 Å². The van der Waals surface area contributed by atoms with Crippen LogP contribution in [0.1, 0.15) is 37.5 Å². The Bertz CT molecular complexity index is 1070. The van der Waals surface area contributed by atoms with Crippen molar-refractivity contribution >= 4 is 23.2 Å². The second-order valence-electron chi connectivity index (χ2n) is 6.77. The van der Waals surface area contributed by atoms with Gasteiger partial charge in [-0.3, -0.25) is 9.59 Å². The fourth-order valence-electron chi connectivity index (χ4n) is 3.29. The Labute approximate surface area is 172 Å². The number of amides is 2. The molecule has 1 aliphatic heterocycles. The van der Waals surface area contributed by atoms with E-state index in [0.29, 0.717) is 30.1 Å². The molecule has 8 heteroatoms. The number of carbonyl (C=O) groups is 2. The van der Waals surface area contributed by atoms with Gasteiger partial charge in [0.25, 0.3) is 5.91 Å². The topological polar surface area (TPSA) is 98.4 Å². The van der Waals surface area contributed by atoms with Crippen LogP contribution in [0.2, 0.25) is 0 Å². The Morgan fingerprint density at radius 2 is 2.07 bits per heavy atom. The summed E-state index contributed by atoms with van der Waals surface area (Å²) in [7, 11) is 0. The summed E-state index contributed by atoms with van der Waals surface area (Å²) in [5, 5.41) is 0. The van der Waals surface area contributed by atoms with Crippen LogP contribution in [0.4, 0.5) is 0 Å². The van der Waals surface area contributed by atoms with E-state index in [4.69, 9.17) is 15.5 Å². The maximum atomic E-state index is 12.8. The number of primary amides is 1. The fraction of sp³-hybridized carbons (Fsp3) is 0.238. The molecule has 3 aromatic rings. The lowest BCUT2D eigenvalue weighted by Crippen LogP contribution is -2.42. The van der Waals surface area contributed by atoms with Crippen LogP contribution in [0.25, 0.3) is 11.3 Å². The number of morpholine rings is 1. The summed E-state index contributed by atoms with van der Waals surface area (Å²) >= 11 is 1.36. The Kier molecular flexibility index (Phi) is 5.37. The van der Waals surface area contributed by atoms with E-state index in [-0.39, 0.29) is 12.0 Å². The third-order valence-corrected chi connectivity index (χ3v) is 5.75. The standard InChI is InChI=1S/C21H20N4O3S/c1-13-19(29-12-23-13)21(27)25-8-9-28-18(11-25)17-7-3-6-16(24-17)14-4-2-5-15(10-14)20(22)26/h2-7,10,12,18H,8-9,11H2,1H3,(H2,22,26)/t18-/m1/s1. The Morgan fingerprint density at radius 3 is 2.83 bits per heavy atom. The van der Waals surface area contributed by atoms with Crippen molar-refractivity contribution in [3.63, 3.8) is 0 Å². The molecule has 7 nitrogen and oxygen atoms in total. The highest BCUT2D eigenvalue weighted by Crippen LogP contribution is 2.26. The van der Waals surface area contributed by atoms with Gasteiger partial charge in [0.1, 0.15) is 11.0 Å². The fourth-order valence-corrected chi connectivity index (χ4v) is 4.06. The number of hydrogen-bond acceptors (Lipinski definition) is 6. The maximum absolute atomic E-state index is 12.8. The van der Waals surface area contributed by atoms with E-state index >= 15 is 0 Å². The summed E-state index contributed by atoms with van der Waals surface area (Å²) in [6, 6.07) is 12.7. The van der Waals surface area contributed by atoms with Gasteiger partial charge in [0, 0.05) is 17.7 Å². The minimum atomic E-state index is -0.480. The second kappa shape index (κ2) is 8.10. The number of benzene rings is 1. The zero-order chi connectivity index (χ0) is 20.4. The molecule has 0 unspecified atom stereocenters. The average molecular weight is 408 g/mol. The van der Waals surface area contributed by atoms with Gasteiger partial charge in [-0.25, -0.2) is 9.97 Å². The number of hydrogen-bond donors (Lipinski definition) is 1. The Balaban J connectivity index is 1.56. The van der Waals surface area contributed by atoms with Gasteiger partial charge in [-0.1, -0.05) is 18.2 Å². The lowest BCUT2D eigenvalue weighted by molar-refractivity contribution is -0.0245. The number of thiazole rings is 1. The number of nitrogens with zero attached hydrogens (tertiary/aromatic N) is 3. The van der Waals surface area contributed by atoms with Gasteiger partial charge in [-0.2, -0.15) is 0 Å². The Hall–Kier alpha value is -3.10. The van der Waals surface area contributed by atoms with Gasteiger partial charge in [-0.05, 0) is 31.2 Å². The van der Waals surface area contributed by atoms with Gasteiger partial charge < -0.3 is 15.4 Å². The summed E-state index contributed by atoms with van der Waals surface area (Å²) in [6.07, 6.45) is -0.319. The van der Waals surface area contributed by atoms with Crippen LogP contribution in [0.15, 0.2) is 48.0 Å². The van der Waals surface area contributed by atoms with Crippen LogP contribution in [0.3, 0.4) is 0 Å². The largest absolute Gasteiger partial charge is 0.368 e. The molecule has 0 saturated carbocycles. The monoisotopic (exact) mass is 408 g/mol. The van der Waals surface area contributed by atoms with E-state index in [1.165, 1.54) is 11.3 Å². The quantitative estimate of drug-likeness (QED) is 0.716. The highest BCUT2D eigenvalue weighted by atomic mass is 32.1. The van der Waals surface area contributed by atoms with Crippen molar-refractivity contribution in [3.8, 4) is 11.3 Å². The van der Waals surface area contributed by atoms with Crippen LogP contribution in [-0.2, 0) is 4.74 Å². The van der Waals surface area contributed by atoms with E-state index in [9.17, 15) is 9.59 Å². The maximum Gasteiger partial charge on any atom is 0.266 e. The van der Waals surface area contributed by atoms with E-state index < -0.39 is 5.91 Å². The van der Waals surface area contributed by atoms with Gasteiger partial charge in [0.15, 0.2) is 0 Å². The summed E-state index contributed by atoms with van der Waals surface area (Å²) < 4.78 is 5.90. The second-order valence-corrected chi connectivity index (χ2v) is 7.63. The molecule has 29 heavy (non-hydrogen) atoms. The molecule has 1 fully saturated rings. The van der Waals surface area contributed by atoms with Crippen LogP contribution < -0.4 is 5.73 Å². The van der Waals surface area contributed by atoms with Crippen molar-refractivity contribution in [1.82, 2.24) is 14.9 Å². The summed E-state index contributed by atoms with van der Waals surface area (Å²) in [6.45, 7) is 3.24. The SMILES string of the molecule is Cc1ncsc1C(=O)N1CCO[C@@H](c2cccc(-c3cccc(C(N)=O)c3)n2)C1. The normalized spacial score (nSPS) is 16.6. The van der Waals surface area contributed by atoms with E-state index in [0.717, 1.165) is 22.6 Å². The molecule has 148 valence electrons. The molecule has 2 N–H and O–H groups in total. The number of nitrogens with two attached hydrogens (primary N) is 1. The minimum absolute atomic E-state index is 0.0244. The molecule has 1 aromatic carbocycles. The zero-order valence-electron chi connectivity index (χ0n) is 15.9. The summed E-state index contributed by atoms with van der Waals surface area (Å²) in [5.74, 6) is -0.505. The van der Waals surface area contributed by atoms with Crippen LogP contribution in [0, 0.1) is 6.92 Å². The zero-order valence-corrected chi connectivity index (χ0v) is 16.7. The smallest absolute Gasteiger partial charge is 0.266 e. The molecule has 0 bridgehead atoms. The van der Waals surface area contributed by atoms with Gasteiger partial charge in [-0.15, -0.1) is 11.3 Å². The first-order chi connectivity index (χ1) is 14.0. The molecule has 0 radical (unpaired) electrons. The predicted octanol–water partition coefficient (Wildman–Crippen LogP) is 2.83. The van der Waals surface area contributed by atoms with Crippen molar-refractivity contribution in [2.45, 2.75) is 13.0 Å². The highest BCUT2D eigenvalue weighted by Gasteiger charge is 2.28. The van der Waals surface area contributed by atoms with Crippen molar-refractivity contribution in [2.24, 2.45) is 5.73 Å². The molecule has 1 atom stereocenters. The summed E-state index contributed by atoms with van der Waals surface area (Å²) in [4.78, 5) is 35.6. The molecule has 1 saturated heterocycles. The molecular weight excluding hydrogens is 388 g/mol. The number of rotatable bonds is 4. The lowest BCUT2D eigenvalue weighted by Gasteiger charge is -2.32. The highest BCUT2D eigenvalue weighted by molar-refractivity contribution is 7.11. The third kappa shape index (κ3) is 4.03. The molecule has 2 amide bonds.